The third-order valence-electron chi connectivity index (χ3n) is 4.45. The first-order valence-electron chi connectivity index (χ1n) is 8.56. The zero-order valence-electron chi connectivity index (χ0n) is 14.6. The number of hydrogen-bond acceptors (Lipinski definition) is 3. The van der Waals surface area contributed by atoms with E-state index in [1.54, 1.807) is 12.4 Å². The number of imidazole rings is 1. The van der Waals surface area contributed by atoms with Crippen molar-refractivity contribution in [1.29, 1.82) is 0 Å². The van der Waals surface area contributed by atoms with Crippen molar-refractivity contribution in [3.63, 3.8) is 0 Å². The highest BCUT2D eigenvalue weighted by atomic mass is 16.2. The van der Waals surface area contributed by atoms with Crippen LogP contribution in [-0.4, -0.2) is 44.6 Å². The summed E-state index contributed by atoms with van der Waals surface area (Å²) in [6.07, 6.45) is 7.40. The van der Waals surface area contributed by atoms with Crippen LogP contribution >= 0.6 is 0 Å². The summed E-state index contributed by atoms with van der Waals surface area (Å²) in [5.41, 5.74) is 2.24. The molecule has 0 saturated carbocycles. The SMILES string of the molecule is Cc1cnc(-c2ccncc2)n1C1CCN(C(=O)NC(C)C)CC1. The number of nitrogens with zero attached hydrogens (tertiary/aromatic N) is 4. The molecule has 0 unspecified atom stereocenters. The van der Waals surface area contributed by atoms with E-state index in [1.165, 1.54) is 0 Å². The lowest BCUT2D eigenvalue weighted by molar-refractivity contribution is 0.169. The maximum atomic E-state index is 12.1. The number of urea groups is 1. The number of aryl methyl sites for hydroxylation is 1. The summed E-state index contributed by atoms with van der Waals surface area (Å²) in [5, 5.41) is 2.97. The van der Waals surface area contributed by atoms with Crippen LogP contribution in [0, 0.1) is 6.92 Å². The molecule has 0 bridgehead atoms. The van der Waals surface area contributed by atoms with Crippen molar-refractivity contribution in [2.75, 3.05) is 13.1 Å². The molecule has 0 atom stereocenters. The van der Waals surface area contributed by atoms with Crippen molar-refractivity contribution in [1.82, 2.24) is 24.8 Å². The Morgan fingerprint density at radius 1 is 1.25 bits per heavy atom. The van der Waals surface area contributed by atoms with Crippen LogP contribution in [0.25, 0.3) is 11.4 Å². The highest BCUT2D eigenvalue weighted by molar-refractivity contribution is 5.74. The molecule has 0 aromatic carbocycles. The first kappa shape index (κ1) is 16.5. The molecule has 1 N–H and O–H groups in total. The minimum Gasteiger partial charge on any atom is -0.336 e. The van der Waals surface area contributed by atoms with Gasteiger partial charge in [0, 0.05) is 55.0 Å². The fourth-order valence-electron chi connectivity index (χ4n) is 3.29. The van der Waals surface area contributed by atoms with E-state index in [0.29, 0.717) is 6.04 Å². The fourth-order valence-corrected chi connectivity index (χ4v) is 3.29. The van der Waals surface area contributed by atoms with Crippen molar-refractivity contribution < 1.29 is 4.79 Å². The van der Waals surface area contributed by atoms with Crippen molar-refractivity contribution in [2.24, 2.45) is 0 Å². The predicted molar refractivity (Wildman–Crippen MR) is 93.7 cm³/mol. The van der Waals surface area contributed by atoms with E-state index in [-0.39, 0.29) is 12.1 Å². The van der Waals surface area contributed by atoms with Gasteiger partial charge in [-0.3, -0.25) is 4.98 Å². The zero-order valence-corrected chi connectivity index (χ0v) is 14.6. The smallest absolute Gasteiger partial charge is 0.317 e. The molecule has 3 heterocycles. The summed E-state index contributed by atoms with van der Waals surface area (Å²) in [6.45, 7) is 7.61. The number of nitrogens with one attached hydrogen (secondary N) is 1. The van der Waals surface area contributed by atoms with Gasteiger partial charge in [-0.2, -0.15) is 0 Å². The third-order valence-corrected chi connectivity index (χ3v) is 4.45. The predicted octanol–water partition coefficient (Wildman–Crippen LogP) is 3.01. The Kier molecular flexibility index (Phi) is 4.83. The zero-order chi connectivity index (χ0) is 17.1. The fraction of sp³-hybridized carbons (Fsp3) is 0.500. The average molecular weight is 327 g/mol. The summed E-state index contributed by atoms with van der Waals surface area (Å²) in [4.78, 5) is 22.7. The second-order valence-electron chi connectivity index (χ2n) is 6.65. The second-order valence-corrected chi connectivity index (χ2v) is 6.65. The molecule has 1 aliphatic heterocycles. The number of hydrogen-bond donors (Lipinski definition) is 1. The maximum absolute atomic E-state index is 12.1. The van der Waals surface area contributed by atoms with Crippen molar-refractivity contribution in [3.05, 3.63) is 36.4 Å². The lowest BCUT2D eigenvalue weighted by atomic mass is 10.0. The van der Waals surface area contributed by atoms with Crippen LogP contribution < -0.4 is 5.32 Å². The Morgan fingerprint density at radius 3 is 2.54 bits per heavy atom. The van der Waals surface area contributed by atoms with Crippen LogP contribution in [0.1, 0.15) is 38.4 Å². The number of carbonyl (C=O) groups is 1. The maximum Gasteiger partial charge on any atom is 0.317 e. The molecule has 1 saturated heterocycles. The van der Waals surface area contributed by atoms with E-state index >= 15 is 0 Å². The average Bonchev–Trinajstić information content (AvgIpc) is 2.97. The van der Waals surface area contributed by atoms with E-state index in [2.05, 4.69) is 26.8 Å². The highest BCUT2D eigenvalue weighted by Gasteiger charge is 2.26. The minimum atomic E-state index is 0.0418. The molecule has 2 amide bonds. The second kappa shape index (κ2) is 7.03. The Hall–Kier alpha value is -2.37. The lowest BCUT2D eigenvalue weighted by Gasteiger charge is -2.34. The van der Waals surface area contributed by atoms with Gasteiger partial charge in [0.2, 0.25) is 0 Å². The van der Waals surface area contributed by atoms with Gasteiger partial charge in [0.25, 0.3) is 0 Å². The molecular weight excluding hydrogens is 302 g/mol. The molecule has 0 spiro atoms. The largest absolute Gasteiger partial charge is 0.336 e. The van der Waals surface area contributed by atoms with Crippen LogP contribution in [0.3, 0.4) is 0 Å². The van der Waals surface area contributed by atoms with E-state index in [0.717, 1.165) is 43.0 Å². The topological polar surface area (TPSA) is 63.1 Å². The molecule has 128 valence electrons. The van der Waals surface area contributed by atoms with Crippen LogP contribution in [0.15, 0.2) is 30.7 Å². The Bertz CT molecular complexity index is 687. The number of pyridine rings is 1. The van der Waals surface area contributed by atoms with Gasteiger partial charge in [-0.1, -0.05) is 0 Å². The Labute approximate surface area is 142 Å². The molecular formula is C18H25N5O. The lowest BCUT2D eigenvalue weighted by Crippen LogP contribution is -2.46. The van der Waals surface area contributed by atoms with Crippen LogP contribution in [0.4, 0.5) is 4.79 Å². The first-order chi connectivity index (χ1) is 11.6. The van der Waals surface area contributed by atoms with Gasteiger partial charge in [-0.15, -0.1) is 0 Å². The first-order valence-corrected chi connectivity index (χ1v) is 8.56. The Morgan fingerprint density at radius 2 is 1.92 bits per heavy atom. The number of aromatic nitrogens is 3. The van der Waals surface area contributed by atoms with Crippen molar-refractivity contribution in [3.8, 4) is 11.4 Å². The molecule has 6 nitrogen and oxygen atoms in total. The molecule has 6 heteroatoms. The van der Waals surface area contributed by atoms with Crippen molar-refractivity contribution in [2.45, 2.75) is 45.7 Å². The van der Waals surface area contributed by atoms with Crippen molar-refractivity contribution >= 4 is 6.03 Å². The van der Waals surface area contributed by atoms with Crippen LogP contribution in [0.2, 0.25) is 0 Å². The van der Waals surface area contributed by atoms with Gasteiger partial charge in [0.15, 0.2) is 0 Å². The molecule has 0 radical (unpaired) electrons. The van der Waals surface area contributed by atoms with Crippen LogP contribution in [0.5, 0.6) is 0 Å². The van der Waals surface area contributed by atoms with Crippen LogP contribution in [-0.2, 0) is 0 Å². The van der Waals surface area contributed by atoms with Gasteiger partial charge in [-0.05, 0) is 45.7 Å². The monoisotopic (exact) mass is 327 g/mol. The molecule has 1 fully saturated rings. The van der Waals surface area contributed by atoms with E-state index in [1.807, 2.05) is 37.1 Å². The third kappa shape index (κ3) is 3.42. The summed E-state index contributed by atoms with van der Waals surface area (Å²) in [5.74, 6) is 0.986. The molecule has 24 heavy (non-hydrogen) atoms. The summed E-state index contributed by atoms with van der Waals surface area (Å²) in [6, 6.07) is 4.57. The molecule has 0 aliphatic carbocycles. The van der Waals surface area contributed by atoms with Gasteiger partial charge in [0.05, 0.1) is 0 Å². The summed E-state index contributed by atoms with van der Waals surface area (Å²) in [7, 11) is 0. The van der Waals surface area contributed by atoms with Gasteiger partial charge in [-0.25, -0.2) is 9.78 Å². The highest BCUT2D eigenvalue weighted by Crippen LogP contribution is 2.29. The number of carbonyl (C=O) groups excluding carboxylic acids is 1. The summed E-state index contributed by atoms with van der Waals surface area (Å²) < 4.78 is 2.31. The number of amides is 2. The van der Waals surface area contributed by atoms with Gasteiger partial charge in [0.1, 0.15) is 5.82 Å². The van der Waals surface area contributed by atoms with E-state index < -0.39 is 0 Å². The molecule has 1 aliphatic rings. The van der Waals surface area contributed by atoms with E-state index in [9.17, 15) is 4.79 Å². The number of likely N-dealkylation sites (tertiary alicyclic amines) is 1. The normalized spacial score (nSPS) is 15.8. The van der Waals surface area contributed by atoms with E-state index in [4.69, 9.17) is 0 Å². The Balaban J connectivity index is 1.74. The molecule has 3 rings (SSSR count). The summed E-state index contributed by atoms with van der Waals surface area (Å²) >= 11 is 0. The minimum absolute atomic E-state index is 0.0418. The molecule has 2 aromatic heterocycles. The quantitative estimate of drug-likeness (QED) is 0.942. The van der Waals surface area contributed by atoms with Gasteiger partial charge < -0.3 is 14.8 Å². The standard InChI is InChI=1S/C18H25N5O/c1-13(2)21-18(24)22-10-6-16(7-11-22)23-14(3)12-20-17(23)15-4-8-19-9-5-15/h4-5,8-9,12-13,16H,6-7,10-11H2,1-3H3,(H,21,24). The number of rotatable bonds is 3. The number of piperidine rings is 1. The molecule has 2 aromatic rings. The van der Waals surface area contributed by atoms with Gasteiger partial charge >= 0.3 is 6.03 Å².